The maximum atomic E-state index is 8.78. The molecule has 0 aromatic carbocycles. The minimum atomic E-state index is 0.405. The Labute approximate surface area is 114 Å². The van der Waals surface area contributed by atoms with Gasteiger partial charge in [-0.05, 0) is 31.2 Å². The van der Waals surface area contributed by atoms with Crippen molar-refractivity contribution in [3.05, 3.63) is 47.0 Å². The maximum Gasteiger partial charge on any atom is 0.167 e. The highest BCUT2D eigenvalue weighted by Gasteiger charge is 2.11. The first kappa shape index (κ1) is 11.6. The second kappa shape index (κ2) is 4.34. The van der Waals surface area contributed by atoms with E-state index in [0.29, 0.717) is 22.2 Å². The summed E-state index contributed by atoms with van der Waals surface area (Å²) in [6.07, 6.45) is 1.52. The van der Waals surface area contributed by atoms with Crippen LogP contribution in [0.2, 0.25) is 5.15 Å². The summed E-state index contributed by atoms with van der Waals surface area (Å²) >= 11 is 5.92. The van der Waals surface area contributed by atoms with E-state index in [1.807, 2.05) is 23.6 Å². The zero-order valence-corrected chi connectivity index (χ0v) is 10.8. The third-order valence-corrected chi connectivity index (χ3v) is 2.95. The Kier molecular flexibility index (Phi) is 2.65. The van der Waals surface area contributed by atoms with E-state index in [9.17, 15) is 0 Å². The van der Waals surface area contributed by atoms with Crippen LogP contribution in [0.4, 0.5) is 0 Å². The van der Waals surface area contributed by atoms with Crippen LogP contribution in [0.15, 0.2) is 30.5 Å². The monoisotopic (exact) mass is 269 g/mol. The molecule has 0 aliphatic heterocycles. The predicted octanol–water partition coefficient (Wildman–Crippen LogP) is 2.65. The summed E-state index contributed by atoms with van der Waals surface area (Å²) in [5.41, 5.74) is 1.92. The highest BCUT2D eigenvalue weighted by Crippen LogP contribution is 2.20. The Morgan fingerprint density at radius 1 is 1.21 bits per heavy atom. The van der Waals surface area contributed by atoms with Crippen molar-refractivity contribution in [2.24, 2.45) is 0 Å². The van der Waals surface area contributed by atoms with Crippen molar-refractivity contribution in [1.82, 2.24) is 19.5 Å². The van der Waals surface area contributed by atoms with Gasteiger partial charge in [0.25, 0.3) is 0 Å². The number of aryl methyl sites for hydroxylation is 1. The van der Waals surface area contributed by atoms with Gasteiger partial charge < -0.3 is 0 Å². The van der Waals surface area contributed by atoms with Crippen molar-refractivity contribution in [3.63, 3.8) is 0 Å². The van der Waals surface area contributed by atoms with Crippen LogP contribution in [0.5, 0.6) is 0 Å². The lowest BCUT2D eigenvalue weighted by molar-refractivity contribution is 0.944. The van der Waals surface area contributed by atoms with Crippen LogP contribution in [0.25, 0.3) is 17.0 Å². The number of hydrogen-bond acceptors (Lipinski definition) is 4. The third-order valence-electron chi connectivity index (χ3n) is 2.74. The van der Waals surface area contributed by atoms with Crippen LogP contribution in [0.1, 0.15) is 11.4 Å². The number of fused-ring (bicyclic) bond motifs is 1. The summed E-state index contributed by atoms with van der Waals surface area (Å²) in [5.74, 6) is 1.43. The smallest absolute Gasteiger partial charge is 0.167 e. The molecular formula is C13H8ClN5. The van der Waals surface area contributed by atoms with Crippen molar-refractivity contribution in [1.29, 1.82) is 5.26 Å². The highest BCUT2D eigenvalue weighted by atomic mass is 35.5. The molecule has 19 heavy (non-hydrogen) atoms. The molecule has 5 nitrogen and oxygen atoms in total. The number of imidazole rings is 1. The molecule has 3 aromatic heterocycles. The topological polar surface area (TPSA) is 67.4 Å². The minimum Gasteiger partial charge on any atom is -0.264 e. The van der Waals surface area contributed by atoms with Crippen molar-refractivity contribution < 1.29 is 0 Å². The van der Waals surface area contributed by atoms with Gasteiger partial charge in [-0.25, -0.2) is 15.0 Å². The van der Waals surface area contributed by atoms with E-state index in [0.717, 1.165) is 11.3 Å². The van der Waals surface area contributed by atoms with Crippen LogP contribution >= 0.6 is 11.6 Å². The van der Waals surface area contributed by atoms with Crippen molar-refractivity contribution in [2.75, 3.05) is 0 Å². The van der Waals surface area contributed by atoms with Crippen LogP contribution in [-0.4, -0.2) is 19.5 Å². The fourth-order valence-corrected chi connectivity index (χ4v) is 2.05. The lowest BCUT2D eigenvalue weighted by Gasteiger charge is -2.04. The Balaban J connectivity index is 2.26. The van der Waals surface area contributed by atoms with Gasteiger partial charge in [-0.15, -0.1) is 0 Å². The zero-order valence-electron chi connectivity index (χ0n) is 10.0. The number of nitrogens with zero attached hydrogens (tertiary/aromatic N) is 5. The molecule has 0 radical (unpaired) electrons. The molecule has 0 spiro atoms. The summed E-state index contributed by atoms with van der Waals surface area (Å²) in [5, 5.41) is 9.19. The van der Waals surface area contributed by atoms with Crippen LogP contribution in [0, 0.1) is 18.3 Å². The molecule has 6 heteroatoms. The van der Waals surface area contributed by atoms with Gasteiger partial charge in [0.15, 0.2) is 5.65 Å². The minimum absolute atomic E-state index is 0.405. The van der Waals surface area contributed by atoms with Gasteiger partial charge in [-0.1, -0.05) is 11.6 Å². The molecule has 0 fully saturated rings. The Bertz CT molecular complexity index is 798. The molecule has 0 aliphatic carbocycles. The van der Waals surface area contributed by atoms with Gasteiger partial charge in [0.2, 0.25) is 0 Å². The molecule has 92 valence electrons. The summed E-state index contributed by atoms with van der Waals surface area (Å²) in [6.45, 7) is 1.87. The molecule has 0 N–H and O–H groups in total. The van der Waals surface area contributed by atoms with E-state index in [2.05, 4.69) is 15.0 Å². The van der Waals surface area contributed by atoms with E-state index >= 15 is 0 Å². The average Bonchev–Trinajstić information content (AvgIpc) is 2.74. The number of rotatable bonds is 1. The van der Waals surface area contributed by atoms with Gasteiger partial charge in [0.05, 0.1) is 5.56 Å². The Morgan fingerprint density at radius 2 is 2.05 bits per heavy atom. The molecule has 0 atom stereocenters. The van der Waals surface area contributed by atoms with Gasteiger partial charge in [0.1, 0.15) is 28.4 Å². The van der Waals surface area contributed by atoms with E-state index in [1.165, 1.54) is 6.20 Å². The number of aromatic nitrogens is 4. The molecule has 3 rings (SSSR count). The average molecular weight is 270 g/mol. The Hall–Kier alpha value is -2.45. The standard InChI is InChI=1S/C13H8ClN5/c1-8-17-10-3-4-11(14)18-13(10)19(8)12-5-2-9(6-15)7-16-12/h2-5,7H,1H3. The fraction of sp³-hybridized carbons (Fsp3) is 0.0769. The first-order chi connectivity index (χ1) is 9.19. The molecule has 0 saturated carbocycles. The van der Waals surface area contributed by atoms with Gasteiger partial charge in [-0.3, -0.25) is 4.57 Å². The van der Waals surface area contributed by atoms with Crippen molar-refractivity contribution in [3.8, 4) is 11.9 Å². The normalized spacial score (nSPS) is 10.6. The zero-order chi connectivity index (χ0) is 13.4. The number of pyridine rings is 2. The van der Waals surface area contributed by atoms with Crippen LogP contribution in [0.3, 0.4) is 0 Å². The van der Waals surface area contributed by atoms with E-state index < -0.39 is 0 Å². The molecule has 0 saturated heterocycles. The van der Waals surface area contributed by atoms with E-state index in [-0.39, 0.29) is 0 Å². The molecule has 0 unspecified atom stereocenters. The van der Waals surface area contributed by atoms with E-state index in [1.54, 1.807) is 18.2 Å². The summed E-state index contributed by atoms with van der Waals surface area (Å²) in [6, 6.07) is 9.02. The predicted molar refractivity (Wildman–Crippen MR) is 71.1 cm³/mol. The molecule has 3 aromatic rings. The summed E-state index contributed by atoms with van der Waals surface area (Å²) in [7, 11) is 0. The summed E-state index contributed by atoms with van der Waals surface area (Å²) < 4.78 is 1.81. The molecule has 0 amide bonds. The second-order valence-corrected chi connectivity index (χ2v) is 4.38. The molecule has 3 heterocycles. The lowest BCUT2D eigenvalue weighted by atomic mass is 10.3. The summed E-state index contributed by atoms with van der Waals surface area (Å²) in [4.78, 5) is 12.9. The van der Waals surface area contributed by atoms with Gasteiger partial charge in [0, 0.05) is 6.20 Å². The van der Waals surface area contributed by atoms with Crippen LogP contribution < -0.4 is 0 Å². The fourth-order valence-electron chi connectivity index (χ4n) is 1.91. The van der Waals surface area contributed by atoms with Crippen LogP contribution in [-0.2, 0) is 0 Å². The highest BCUT2D eigenvalue weighted by molar-refractivity contribution is 6.29. The Morgan fingerprint density at radius 3 is 2.74 bits per heavy atom. The van der Waals surface area contributed by atoms with Gasteiger partial charge >= 0.3 is 0 Å². The lowest BCUT2D eigenvalue weighted by Crippen LogP contribution is -2.01. The maximum absolute atomic E-state index is 8.78. The number of halogens is 1. The third kappa shape index (κ3) is 1.92. The van der Waals surface area contributed by atoms with Gasteiger partial charge in [-0.2, -0.15) is 5.26 Å². The second-order valence-electron chi connectivity index (χ2n) is 3.99. The molecule has 0 aliphatic rings. The largest absolute Gasteiger partial charge is 0.264 e. The van der Waals surface area contributed by atoms with Crippen molar-refractivity contribution >= 4 is 22.8 Å². The SMILES string of the molecule is Cc1nc2ccc(Cl)nc2n1-c1ccc(C#N)cn1. The number of nitriles is 1. The first-order valence-electron chi connectivity index (χ1n) is 5.57. The quantitative estimate of drug-likeness (QED) is 0.637. The molecule has 0 bridgehead atoms. The van der Waals surface area contributed by atoms with Crippen molar-refractivity contribution in [2.45, 2.75) is 6.92 Å². The van der Waals surface area contributed by atoms with E-state index in [4.69, 9.17) is 16.9 Å². The first-order valence-corrected chi connectivity index (χ1v) is 5.95. The number of hydrogen-bond donors (Lipinski definition) is 0. The molecular weight excluding hydrogens is 262 g/mol.